The molecule has 0 bridgehead atoms. The summed E-state index contributed by atoms with van der Waals surface area (Å²) in [6.07, 6.45) is 0. The SMILES string of the molecule is N#Cc1cccc(N2CCN(S(=O)(=O)c3ccc(Cl)c(Cl)c3)CC2)c1. The Balaban J connectivity index is 1.75. The summed E-state index contributed by atoms with van der Waals surface area (Å²) in [5.74, 6) is 0. The fraction of sp³-hybridized carbons (Fsp3) is 0.235. The predicted molar refractivity (Wildman–Crippen MR) is 98.6 cm³/mol. The van der Waals surface area contributed by atoms with Crippen LogP contribution in [0.25, 0.3) is 0 Å². The minimum Gasteiger partial charge on any atom is -0.369 e. The first-order valence-electron chi connectivity index (χ1n) is 7.62. The Morgan fingerprint density at radius 2 is 1.68 bits per heavy atom. The fourth-order valence-electron chi connectivity index (χ4n) is 2.75. The average molecular weight is 396 g/mol. The largest absolute Gasteiger partial charge is 0.369 e. The lowest BCUT2D eigenvalue weighted by Crippen LogP contribution is -2.48. The van der Waals surface area contributed by atoms with E-state index in [1.165, 1.54) is 22.5 Å². The Kier molecular flexibility index (Phi) is 5.21. The van der Waals surface area contributed by atoms with Crippen LogP contribution in [0.3, 0.4) is 0 Å². The molecule has 0 spiro atoms. The molecular weight excluding hydrogens is 381 g/mol. The number of anilines is 1. The number of sulfonamides is 1. The molecule has 5 nitrogen and oxygen atoms in total. The summed E-state index contributed by atoms with van der Waals surface area (Å²) in [6.45, 7) is 1.82. The molecule has 1 aliphatic rings. The number of halogens is 2. The smallest absolute Gasteiger partial charge is 0.243 e. The van der Waals surface area contributed by atoms with Gasteiger partial charge in [-0.05, 0) is 36.4 Å². The number of hydrogen-bond acceptors (Lipinski definition) is 4. The fourth-order valence-corrected chi connectivity index (χ4v) is 4.56. The van der Waals surface area contributed by atoms with Gasteiger partial charge in [0.15, 0.2) is 0 Å². The van der Waals surface area contributed by atoms with Gasteiger partial charge in [-0.2, -0.15) is 9.57 Å². The van der Waals surface area contributed by atoms with Gasteiger partial charge >= 0.3 is 0 Å². The standard InChI is InChI=1S/C17H15Cl2N3O2S/c18-16-5-4-15(11-17(16)19)25(23,24)22-8-6-21(7-9-22)14-3-1-2-13(10-14)12-20/h1-5,10-11H,6-9H2. The number of benzene rings is 2. The monoisotopic (exact) mass is 395 g/mol. The molecule has 2 aromatic carbocycles. The first kappa shape index (κ1) is 18.0. The van der Waals surface area contributed by atoms with Gasteiger partial charge < -0.3 is 4.90 Å². The molecule has 1 aliphatic heterocycles. The van der Waals surface area contributed by atoms with Crippen molar-refractivity contribution in [3.05, 3.63) is 58.1 Å². The van der Waals surface area contributed by atoms with Crippen LogP contribution in [-0.2, 0) is 10.0 Å². The topological polar surface area (TPSA) is 64.4 Å². The molecule has 1 fully saturated rings. The predicted octanol–water partition coefficient (Wildman–Crippen LogP) is 3.38. The van der Waals surface area contributed by atoms with Crippen molar-refractivity contribution in [3.8, 4) is 6.07 Å². The summed E-state index contributed by atoms with van der Waals surface area (Å²) >= 11 is 11.8. The molecule has 25 heavy (non-hydrogen) atoms. The van der Waals surface area contributed by atoms with Crippen molar-refractivity contribution < 1.29 is 8.42 Å². The van der Waals surface area contributed by atoms with Gasteiger partial charge in [0.25, 0.3) is 0 Å². The quantitative estimate of drug-likeness (QED) is 0.798. The van der Waals surface area contributed by atoms with Crippen LogP contribution in [-0.4, -0.2) is 38.9 Å². The van der Waals surface area contributed by atoms with Crippen molar-refractivity contribution in [2.75, 3.05) is 31.1 Å². The van der Waals surface area contributed by atoms with Crippen molar-refractivity contribution in [3.63, 3.8) is 0 Å². The Morgan fingerprint density at radius 3 is 2.32 bits per heavy atom. The normalized spacial score (nSPS) is 15.8. The average Bonchev–Trinajstić information content (AvgIpc) is 2.64. The van der Waals surface area contributed by atoms with E-state index in [0.717, 1.165) is 5.69 Å². The molecule has 8 heteroatoms. The summed E-state index contributed by atoms with van der Waals surface area (Å²) < 4.78 is 27.0. The minimum atomic E-state index is -3.61. The van der Waals surface area contributed by atoms with Crippen LogP contribution in [0, 0.1) is 11.3 Å². The van der Waals surface area contributed by atoms with Crippen molar-refractivity contribution in [2.45, 2.75) is 4.90 Å². The maximum Gasteiger partial charge on any atom is 0.243 e. The molecule has 0 saturated carbocycles. The zero-order chi connectivity index (χ0) is 18.0. The van der Waals surface area contributed by atoms with E-state index in [9.17, 15) is 8.42 Å². The number of rotatable bonds is 3. The molecule has 0 N–H and O–H groups in total. The van der Waals surface area contributed by atoms with E-state index in [1.54, 1.807) is 6.07 Å². The zero-order valence-corrected chi connectivity index (χ0v) is 15.5. The van der Waals surface area contributed by atoms with Crippen LogP contribution in [0.15, 0.2) is 47.4 Å². The van der Waals surface area contributed by atoms with Crippen molar-refractivity contribution in [1.82, 2.24) is 4.31 Å². The van der Waals surface area contributed by atoms with Gasteiger partial charge in [0.05, 0.1) is 26.6 Å². The zero-order valence-electron chi connectivity index (χ0n) is 13.2. The lowest BCUT2D eigenvalue weighted by atomic mass is 10.2. The van der Waals surface area contributed by atoms with E-state index in [0.29, 0.717) is 36.8 Å². The number of nitriles is 1. The van der Waals surface area contributed by atoms with Crippen LogP contribution in [0.5, 0.6) is 0 Å². The summed E-state index contributed by atoms with van der Waals surface area (Å²) in [5, 5.41) is 9.54. The summed E-state index contributed by atoms with van der Waals surface area (Å²) in [4.78, 5) is 2.21. The van der Waals surface area contributed by atoms with E-state index in [4.69, 9.17) is 28.5 Å². The Bertz CT molecular complexity index is 933. The number of nitrogens with zero attached hydrogens (tertiary/aromatic N) is 3. The van der Waals surface area contributed by atoms with Crippen LogP contribution in [0.2, 0.25) is 10.0 Å². The van der Waals surface area contributed by atoms with E-state index in [-0.39, 0.29) is 9.92 Å². The van der Waals surface area contributed by atoms with Gasteiger partial charge in [-0.3, -0.25) is 0 Å². The third kappa shape index (κ3) is 3.75. The van der Waals surface area contributed by atoms with E-state index in [2.05, 4.69) is 11.0 Å². The second-order valence-corrected chi connectivity index (χ2v) is 8.38. The minimum absolute atomic E-state index is 0.141. The third-order valence-electron chi connectivity index (χ3n) is 4.11. The molecule has 1 saturated heterocycles. The molecule has 0 aromatic heterocycles. The Labute approximate surface area is 157 Å². The second kappa shape index (κ2) is 7.22. The van der Waals surface area contributed by atoms with Crippen molar-refractivity contribution in [1.29, 1.82) is 5.26 Å². The van der Waals surface area contributed by atoms with Crippen LogP contribution in [0.4, 0.5) is 5.69 Å². The summed E-state index contributed by atoms with van der Waals surface area (Å²) in [6, 6.07) is 13.7. The Hall–Kier alpha value is -1.78. The molecule has 0 amide bonds. The molecule has 0 aliphatic carbocycles. The molecule has 0 unspecified atom stereocenters. The highest BCUT2D eigenvalue weighted by molar-refractivity contribution is 7.89. The highest BCUT2D eigenvalue weighted by Gasteiger charge is 2.29. The maximum atomic E-state index is 12.8. The van der Waals surface area contributed by atoms with E-state index in [1.807, 2.05) is 18.2 Å². The highest BCUT2D eigenvalue weighted by atomic mass is 35.5. The molecule has 0 radical (unpaired) electrons. The van der Waals surface area contributed by atoms with Gasteiger partial charge in [0, 0.05) is 31.9 Å². The summed E-state index contributed by atoms with van der Waals surface area (Å²) in [5.41, 5.74) is 1.51. The molecule has 3 rings (SSSR count). The molecule has 0 atom stereocenters. The van der Waals surface area contributed by atoms with Crippen molar-refractivity contribution >= 4 is 38.9 Å². The highest BCUT2D eigenvalue weighted by Crippen LogP contribution is 2.27. The molecular formula is C17H15Cl2N3O2S. The lowest BCUT2D eigenvalue weighted by molar-refractivity contribution is 0.385. The van der Waals surface area contributed by atoms with Crippen LogP contribution >= 0.6 is 23.2 Å². The van der Waals surface area contributed by atoms with Crippen molar-refractivity contribution in [2.24, 2.45) is 0 Å². The first-order chi connectivity index (χ1) is 11.9. The number of piperazine rings is 1. The van der Waals surface area contributed by atoms with Gasteiger partial charge in [-0.1, -0.05) is 29.3 Å². The second-order valence-electron chi connectivity index (χ2n) is 5.63. The van der Waals surface area contributed by atoms with Crippen LogP contribution < -0.4 is 4.90 Å². The first-order valence-corrected chi connectivity index (χ1v) is 9.82. The molecule has 130 valence electrons. The summed E-state index contributed by atoms with van der Waals surface area (Å²) in [7, 11) is -3.61. The van der Waals surface area contributed by atoms with Gasteiger partial charge in [-0.25, -0.2) is 8.42 Å². The van der Waals surface area contributed by atoms with Gasteiger partial charge in [0.1, 0.15) is 0 Å². The lowest BCUT2D eigenvalue weighted by Gasteiger charge is -2.35. The van der Waals surface area contributed by atoms with E-state index < -0.39 is 10.0 Å². The van der Waals surface area contributed by atoms with Gasteiger partial charge in [-0.15, -0.1) is 0 Å². The van der Waals surface area contributed by atoms with E-state index >= 15 is 0 Å². The third-order valence-corrected chi connectivity index (χ3v) is 6.74. The molecule has 2 aromatic rings. The Morgan fingerprint density at radius 1 is 0.960 bits per heavy atom. The molecule has 1 heterocycles. The van der Waals surface area contributed by atoms with Crippen LogP contribution in [0.1, 0.15) is 5.56 Å². The maximum absolute atomic E-state index is 12.8. The van der Waals surface area contributed by atoms with Gasteiger partial charge in [0.2, 0.25) is 10.0 Å². The number of hydrogen-bond donors (Lipinski definition) is 0.